The molecule has 3 rings (SSSR count). The highest BCUT2D eigenvalue weighted by Crippen LogP contribution is 2.15. The Morgan fingerprint density at radius 3 is 2.67 bits per heavy atom. The maximum Gasteiger partial charge on any atom is 0.294 e. The molecule has 0 aromatic carbocycles. The number of anilines is 1. The highest BCUT2D eigenvalue weighted by Gasteiger charge is 2.26. The predicted molar refractivity (Wildman–Crippen MR) is 107 cm³/mol. The number of nitrogens with one attached hydrogen (secondary N) is 2. The van der Waals surface area contributed by atoms with Gasteiger partial charge in [-0.25, -0.2) is 10.1 Å². The van der Waals surface area contributed by atoms with Crippen molar-refractivity contribution in [2.75, 3.05) is 18.8 Å². The molecule has 4 N–H and O–H groups in total. The Bertz CT molecular complexity index is 998. The van der Waals surface area contributed by atoms with Crippen LogP contribution in [0.25, 0.3) is 5.82 Å². The van der Waals surface area contributed by atoms with Gasteiger partial charge in [0.25, 0.3) is 5.91 Å². The van der Waals surface area contributed by atoms with Gasteiger partial charge in [0.2, 0.25) is 11.6 Å². The first-order valence-corrected chi connectivity index (χ1v) is 9.79. The van der Waals surface area contributed by atoms with Crippen molar-refractivity contribution in [1.82, 2.24) is 30.7 Å². The van der Waals surface area contributed by atoms with Gasteiger partial charge in [0, 0.05) is 0 Å². The first-order valence-electron chi connectivity index (χ1n) is 9.79. The minimum atomic E-state index is -0.502. The zero-order valence-electron chi connectivity index (χ0n) is 17.3. The summed E-state index contributed by atoms with van der Waals surface area (Å²) in [6, 6.07) is 3.56. The summed E-state index contributed by atoms with van der Waals surface area (Å²) in [6.07, 6.45) is 3.41. The third-order valence-electron chi connectivity index (χ3n) is 4.42. The Morgan fingerprint density at radius 1 is 1.30 bits per heavy atom. The van der Waals surface area contributed by atoms with Crippen molar-refractivity contribution < 1.29 is 18.7 Å². The average molecular weight is 416 g/mol. The lowest BCUT2D eigenvalue weighted by molar-refractivity contribution is -0.914. The van der Waals surface area contributed by atoms with Gasteiger partial charge in [-0.3, -0.25) is 4.79 Å². The lowest BCUT2D eigenvalue weighted by Crippen LogP contribution is -3.10. The van der Waals surface area contributed by atoms with Gasteiger partial charge in [-0.15, -0.1) is 5.10 Å². The molecule has 160 valence electrons. The van der Waals surface area contributed by atoms with Crippen molar-refractivity contribution in [2.24, 2.45) is 5.10 Å². The Balaban J connectivity index is 1.87. The topological polar surface area (TPSA) is 155 Å². The van der Waals surface area contributed by atoms with Crippen LogP contribution in [-0.2, 0) is 6.54 Å². The molecule has 3 heterocycles. The number of hydrogen-bond acceptors (Lipinski definition) is 9. The summed E-state index contributed by atoms with van der Waals surface area (Å²) in [4.78, 5) is 14.0. The fourth-order valence-electron chi connectivity index (χ4n) is 3.12. The van der Waals surface area contributed by atoms with Crippen LogP contribution in [0.2, 0.25) is 0 Å². The molecule has 0 spiro atoms. The van der Waals surface area contributed by atoms with Crippen molar-refractivity contribution in [2.45, 2.75) is 40.2 Å². The predicted octanol–water partition coefficient (Wildman–Crippen LogP) is 0.103. The highest BCUT2D eigenvalue weighted by atomic mass is 16.6. The SMILES string of the molecule is CCC[NH+](CCC)Cc1c(C(=O)NN=Cc2ccc(C)o2)nnn1-c1nonc1N. The van der Waals surface area contributed by atoms with Crippen LogP contribution in [0, 0.1) is 6.92 Å². The van der Waals surface area contributed by atoms with E-state index in [1.54, 1.807) is 6.07 Å². The molecule has 0 saturated carbocycles. The van der Waals surface area contributed by atoms with E-state index in [9.17, 15) is 4.79 Å². The molecule has 0 radical (unpaired) electrons. The number of aryl methyl sites for hydroxylation is 1. The lowest BCUT2D eigenvalue weighted by Gasteiger charge is -2.18. The van der Waals surface area contributed by atoms with Crippen LogP contribution in [0.3, 0.4) is 0 Å². The second-order valence-corrected chi connectivity index (χ2v) is 6.84. The molecule has 0 saturated heterocycles. The number of aromatic nitrogens is 5. The molecular weight excluding hydrogens is 390 g/mol. The summed E-state index contributed by atoms with van der Waals surface area (Å²) in [7, 11) is 0. The van der Waals surface area contributed by atoms with Gasteiger partial charge in [0.15, 0.2) is 5.69 Å². The standard InChI is InChI=1S/C18H25N9O3/c1-4-8-26(9-5-2)11-14-15(21-25-27(14)17-16(19)23-30-24-17)18(28)22-20-10-13-7-6-12(3)29-13/h6-7,10H,4-5,8-9,11H2,1-3H3,(H2,19,23)(H,22,28)/p+1. The largest absolute Gasteiger partial charge is 0.460 e. The van der Waals surface area contributed by atoms with Gasteiger partial charge >= 0.3 is 0 Å². The molecule has 0 aliphatic heterocycles. The lowest BCUT2D eigenvalue weighted by atomic mass is 10.2. The number of carbonyl (C=O) groups excluding carboxylic acids is 1. The van der Waals surface area contributed by atoms with E-state index >= 15 is 0 Å². The van der Waals surface area contributed by atoms with Crippen molar-refractivity contribution in [3.05, 3.63) is 35.0 Å². The normalized spacial score (nSPS) is 11.6. The Labute approximate surface area is 173 Å². The molecule has 3 aromatic rings. The minimum absolute atomic E-state index is 0.0619. The summed E-state index contributed by atoms with van der Waals surface area (Å²) < 4.78 is 11.5. The van der Waals surface area contributed by atoms with Gasteiger partial charge in [-0.05, 0) is 42.2 Å². The van der Waals surface area contributed by atoms with Gasteiger partial charge in [0.05, 0.1) is 19.3 Å². The van der Waals surface area contributed by atoms with Crippen molar-refractivity contribution in [3.8, 4) is 5.82 Å². The van der Waals surface area contributed by atoms with Crippen LogP contribution >= 0.6 is 0 Å². The summed E-state index contributed by atoms with van der Waals surface area (Å²) in [5.41, 5.74) is 8.97. The number of furan rings is 1. The van der Waals surface area contributed by atoms with E-state index in [0.29, 0.717) is 18.0 Å². The molecule has 3 aromatic heterocycles. The van der Waals surface area contributed by atoms with Crippen LogP contribution < -0.4 is 16.1 Å². The second kappa shape index (κ2) is 9.78. The maximum atomic E-state index is 12.8. The first kappa shape index (κ1) is 21.2. The first-order chi connectivity index (χ1) is 14.5. The third kappa shape index (κ3) is 4.89. The summed E-state index contributed by atoms with van der Waals surface area (Å²) in [6.45, 7) is 8.43. The average Bonchev–Trinajstić information content (AvgIpc) is 3.42. The smallest absolute Gasteiger partial charge is 0.294 e. The summed E-state index contributed by atoms with van der Waals surface area (Å²) in [5.74, 6) is 1.03. The van der Waals surface area contributed by atoms with E-state index in [0.717, 1.165) is 31.7 Å². The third-order valence-corrected chi connectivity index (χ3v) is 4.42. The zero-order chi connectivity index (χ0) is 21.5. The highest BCUT2D eigenvalue weighted by molar-refractivity contribution is 5.94. The molecule has 0 atom stereocenters. The van der Waals surface area contributed by atoms with E-state index < -0.39 is 5.91 Å². The number of hydrogen-bond donors (Lipinski definition) is 3. The van der Waals surface area contributed by atoms with Crippen LogP contribution in [0.15, 0.2) is 26.3 Å². The van der Waals surface area contributed by atoms with Gasteiger partial charge < -0.3 is 15.1 Å². The number of nitrogen functional groups attached to an aromatic ring is 1. The van der Waals surface area contributed by atoms with Crippen LogP contribution in [0.5, 0.6) is 0 Å². The number of nitrogens with two attached hydrogens (primary N) is 1. The van der Waals surface area contributed by atoms with Gasteiger partial charge in [-0.1, -0.05) is 19.1 Å². The van der Waals surface area contributed by atoms with E-state index in [-0.39, 0.29) is 17.3 Å². The fraction of sp³-hybridized carbons (Fsp3) is 0.444. The van der Waals surface area contributed by atoms with E-state index in [4.69, 9.17) is 10.2 Å². The zero-order valence-corrected chi connectivity index (χ0v) is 17.3. The molecule has 0 bridgehead atoms. The van der Waals surface area contributed by atoms with Crippen molar-refractivity contribution in [1.29, 1.82) is 0 Å². The van der Waals surface area contributed by atoms with Gasteiger partial charge in [-0.2, -0.15) is 9.78 Å². The monoisotopic (exact) mass is 416 g/mol. The summed E-state index contributed by atoms with van der Waals surface area (Å²) in [5, 5.41) is 19.4. The van der Waals surface area contributed by atoms with E-state index in [1.165, 1.54) is 15.8 Å². The molecule has 30 heavy (non-hydrogen) atoms. The number of amides is 1. The Hall–Kier alpha value is -3.54. The van der Waals surface area contributed by atoms with Crippen LogP contribution in [0.4, 0.5) is 5.82 Å². The van der Waals surface area contributed by atoms with Crippen LogP contribution in [-0.4, -0.2) is 50.5 Å². The summed E-state index contributed by atoms with van der Waals surface area (Å²) >= 11 is 0. The number of hydrazone groups is 1. The number of nitrogens with zero attached hydrogens (tertiary/aromatic N) is 6. The molecule has 12 heteroatoms. The van der Waals surface area contributed by atoms with Crippen molar-refractivity contribution in [3.63, 3.8) is 0 Å². The quantitative estimate of drug-likeness (QED) is 0.310. The second-order valence-electron chi connectivity index (χ2n) is 6.84. The molecular formula is C18H26N9O3+. The van der Waals surface area contributed by atoms with Crippen molar-refractivity contribution >= 4 is 17.9 Å². The number of carbonyl (C=O) groups is 1. The van der Waals surface area contributed by atoms with E-state index in [2.05, 4.69) is 49.6 Å². The molecule has 1 amide bonds. The molecule has 0 aliphatic carbocycles. The Morgan fingerprint density at radius 2 is 2.07 bits per heavy atom. The fourth-order valence-corrected chi connectivity index (χ4v) is 3.12. The molecule has 0 aliphatic rings. The van der Waals surface area contributed by atoms with Gasteiger partial charge in [0.1, 0.15) is 23.8 Å². The van der Waals surface area contributed by atoms with Crippen LogP contribution in [0.1, 0.15) is 54.4 Å². The molecule has 0 unspecified atom stereocenters. The Kier molecular flexibility index (Phi) is 6.91. The maximum absolute atomic E-state index is 12.8. The minimum Gasteiger partial charge on any atom is -0.460 e. The van der Waals surface area contributed by atoms with E-state index in [1.807, 2.05) is 13.0 Å². The molecule has 0 fully saturated rings. The number of rotatable bonds is 10. The number of quaternary nitrogens is 1. The molecule has 12 nitrogen and oxygen atoms in total.